The molecule has 2 aliphatic heterocycles. The Kier molecular flexibility index (Phi) is 3.91. The molecule has 2 aliphatic rings. The molecule has 12 heavy (non-hydrogen) atoms. The second kappa shape index (κ2) is 4.52. The summed E-state index contributed by atoms with van der Waals surface area (Å²) in [5.74, 6) is 2.79. The Balaban J connectivity index is 0.000000336. The molecule has 0 saturated carbocycles. The molecule has 0 aliphatic carbocycles. The van der Waals surface area contributed by atoms with Crippen LogP contribution < -0.4 is 0 Å². The van der Waals surface area contributed by atoms with Gasteiger partial charge in [-0.15, -0.1) is 0 Å². The van der Waals surface area contributed by atoms with Gasteiger partial charge < -0.3 is 4.90 Å². The number of hydrogen-bond acceptors (Lipinski definition) is 2. The van der Waals surface area contributed by atoms with Gasteiger partial charge in [-0.3, -0.25) is 0 Å². The second-order valence-corrected chi connectivity index (χ2v) is 4.73. The van der Waals surface area contributed by atoms with Crippen LogP contribution in [0, 0.1) is 0 Å². The standard InChI is InChI=1S/C8H15NS.C2H6/c1-9-5-2-8(9)3-6-10-7-4-8;1-2/h2-7H2,1H3;1-2H3. The first kappa shape index (κ1) is 10.4. The van der Waals surface area contributed by atoms with E-state index in [-0.39, 0.29) is 0 Å². The molecule has 0 atom stereocenters. The summed E-state index contributed by atoms with van der Waals surface area (Å²) in [6, 6.07) is 0. The minimum Gasteiger partial charge on any atom is -0.301 e. The highest BCUT2D eigenvalue weighted by Gasteiger charge is 2.42. The minimum atomic E-state index is 0.672. The van der Waals surface area contributed by atoms with Crippen molar-refractivity contribution in [3.8, 4) is 0 Å². The van der Waals surface area contributed by atoms with E-state index in [0.717, 1.165) is 0 Å². The van der Waals surface area contributed by atoms with Crippen molar-refractivity contribution in [3.05, 3.63) is 0 Å². The van der Waals surface area contributed by atoms with Gasteiger partial charge >= 0.3 is 0 Å². The van der Waals surface area contributed by atoms with Crippen LogP contribution in [0.1, 0.15) is 33.1 Å². The monoisotopic (exact) mass is 187 g/mol. The summed E-state index contributed by atoms with van der Waals surface area (Å²) >= 11 is 2.12. The molecule has 2 saturated heterocycles. The van der Waals surface area contributed by atoms with E-state index in [1.54, 1.807) is 0 Å². The van der Waals surface area contributed by atoms with Crippen molar-refractivity contribution in [2.45, 2.75) is 38.6 Å². The van der Waals surface area contributed by atoms with Gasteiger partial charge in [0.25, 0.3) is 0 Å². The molecule has 0 aromatic carbocycles. The van der Waals surface area contributed by atoms with Crippen LogP contribution in [0.15, 0.2) is 0 Å². The fourth-order valence-electron chi connectivity index (χ4n) is 2.03. The molecule has 1 spiro atoms. The number of rotatable bonds is 0. The molecule has 0 radical (unpaired) electrons. The molecular formula is C10H21NS. The van der Waals surface area contributed by atoms with Crippen molar-refractivity contribution in [1.29, 1.82) is 0 Å². The Morgan fingerprint density at radius 1 is 1.08 bits per heavy atom. The largest absolute Gasteiger partial charge is 0.301 e. The van der Waals surface area contributed by atoms with Crippen molar-refractivity contribution in [1.82, 2.24) is 4.90 Å². The molecule has 0 bridgehead atoms. The molecule has 0 aromatic rings. The van der Waals surface area contributed by atoms with Crippen LogP contribution >= 0.6 is 11.8 Å². The average Bonchev–Trinajstić information content (AvgIpc) is 2.20. The zero-order valence-electron chi connectivity index (χ0n) is 8.60. The van der Waals surface area contributed by atoms with Crippen LogP contribution in [0.4, 0.5) is 0 Å². The van der Waals surface area contributed by atoms with Gasteiger partial charge in [0, 0.05) is 12.1 Å². The van der Waals surface area contributed by atoms with Gasteiger partial charge in [0.05, 0.1) is 0 Å². The number of thioether (sulfide) groups is 1. The van der Waals surface area contributed by atoms with Crippen molar-refractivity contribution in [2.24, 2.45) is 0 Å². The Labute approximate surface area is 80.9 Å². The maximum atomic E-state index is 2.55. The summed E-state index contributed by atoms with van der Waals surface area (Å²) in [7, 11) is 2.28. The highest BCUT2D eigenvalue weighted by molar-refractivity contribution is 7.99. The van der Waals surface area contributed by atoms with Crippen molar-refractivity contribution < 1.29 is 0 Å². The Morgan fingerprint density at radius 2 is 1.67 bits per heavy atom. The van der Waals surface area contributed by atoms with E-state index in [0.29, 0.717) is 5.54 Å². The van der Waals surface area contributed by atoms with Crippen LogP contribution in [0.5, 0.6) is 0 Å². The van der Waals surface area contributed by atoms with Gasteiger partial charge in [0.2, 0.25) is 0 Å². The van der Waals surface area contributed by atoms with Gasteiger partial charge in [-0.25, -0.2) is 0 Å². The van der Waals surface area contributed by atoms with E-state index < -0.39 is 0 Å². The smallest absolute Gasteiger partial charge is 0.0234 e. The van der Waals surface area contributed by atoms with Crippen molar-refractivity contribution in [2.75, 3.05) is 25.1 Å². The third-order valence-corrected chi connectivity index (χ3v) is 4.13. The Hall–Kier alpha value is 0.310. The average molecular weight is 187 g/mol. The van der Waals surface area contributed by atoms with Crippen LogP contribution in [0.3, 0.4) is 0 Å². The topological polar surface area (TPSA) is 3.24 Å². The quantitative estimate of drug-likeness (QED) is 0.573. The number of hydrogen-bond donors (Lipinski definition) is 0. The lowest BCUT2D eigenvalue weighted by Gasteiger charge is -2.53. The van der Waals surface area contributed by atoms with E-state index in [1.807, 2.05) is 13.8 Å². The molecule has 2 fully saturated rings. The molecule has 2 heteroatoms. The van der Waals surface area contributed by atoms with Gasteiger partial charge in [-0.1, -0.05) is 13.8 Å². The van der Waals surface area contributed by atoms with Gasteiger partial charge in [0.15, 0.2) is 0 Å². The number of likely N-dealkylation sites (tertiary alicyclic amines) is 1. The first-order chi connectivity index (χ1) is 5.83. The summed E-state index contributed by atoms with van der Waals surface area (Å²) in [6.45, 7) is 5.34. The Bertz CT molecular complexity index is 130. The predicted molar refractivity (Wildman–Crippen MR) is 57.9 cm³/mol. The maximum absolute atomic E-state index is 2.55. The normalized spacial score (nSPS) is 27.2. The van der Waals surface area contributed by atoms with E-state index >= 15 is 0 Å². The van der Waals surface area contributed by atoms with Gasteiger partial charge in [-0.05, 0) is 37.8 Å². The van der Waals surface area contributed by atoms with Crippen molar-refractivity contribution >= 4 is 11.8 Å². The Morgan fingerprint density at radius 3 is 1.92 bits per heavy atom. The third-order valence-electron chi connectivity index (χ3n) is 3.15. The summed E-state index contributed by atoms with van der Waals surface area (Å²) in [4.78, 5) is 2.55. The zero-order valence-corrected chi connectivity index (χ0v) is 9.41. The first-order valence-corrected chi connectivity index (χ1v) is 6.28. The predicted octanol–water partition coefficient (Wildman–Crippen LogP) is 2.61. The fourth-order valence-corrected chi connectivity index (χ4v) is 3.29. The fraction of sp³-hybridized carbons (Fsp3) is 1.00. The summed E-state index contributed by atoms with van der Waals surface area (Å²) in [5, 5.41) is 0. The van der Waals surface area contributed by atoms with Crippen LogP contribution in [0.2, 0.25) is 0 Å². The minimum absolute atomic E-state index is 0.672. The SMILES string of the molecule is CC.CN1CCC12CCSCC2. The lowest BCUT2D eigenvalue weighted by atomic mass is 9.80. The summed E-state index contributed by atoms with van der Waals surface area (Å²) in [6.07, 6.45) is 4.34. The molecule has 0 N–H and O–H groups in total. The van der Waals surface area contributed by atoms with E-state index in [4.69, 9.17) is 0 Å². The van der Waals surface area contributed by atoms with E-state index in [2.05, 4.69) is 23.7 Å². The molecular weight excluding hydrogens is 166 g/mol. The van der Waals surface area contributed by atoms with Crippen LogP contribution in [-0.2, 0) is 0 Å². The second-order valence-electron chi connectivity index (χ2n) is 3.51. The maximum Gasteiger partial charge on any atom is 0.0234 e. The van der Waals surface area contributed by atoms with Gasteiger partial charge in [0.1, 0.15) is 0 Å². The van der Waals surface area contributed by atoms with Crippen molar-refractivity contribution in [3.63, 3.8) is 0 Å². The molecule has 0 aromatic heterocycles. The lowest BCUT2D eigenvalue weighted by Crippen LogP contribution is -2.59. The molecule has 72 valence electrons. The highest BCUT2D eigenvalue weighted by atomic mass is 32.2. The van der Waals surface area contributed by atoms with E-state index in [1.165, 1.54) is 37.3 Å². The summed E-state index contributed by atoms with van der Waals surface area (Å²) in [5.41, 5.74) is 0.672. The lowest BCUT2D eigenvalue weighted by molar-refractivity contribution is 0.00400. The molecule has 0 unspecified atom stereocenters. The molecule has 2 heterocycles. The molecule has 2 rings (SSSR count). The van der Waals surface area contributed by atoms with Gasteiger partial charge in [-0.2, -0.15) is 11.8 Å². The summed E-state index contributed by atoms with van der Waals surface area (Å²) < 4.78 is 0. The molecule has 0 amide bonds. The van der Waals surface area contributed by atoms with Crippen LogP contribution in [0.25, 0.3) is 0 Å². The zero-order chi connectivity index (χ0) is 9.03. The van der Waals surface area contributed by atoms with E-state index in [9.17, 15) is 0 Å². The van der Waals surface area contributed by atoms with Crippen LogP contribution in [-0.4, -0.2) is 35.5 Å². The highest BCUT2D eigenvalue weighted by Crippen LogP contribution is 2.40. The number of nitrogens with zero attached hydrogens (tertiary/aromatic N) is 1. The first-order valence-electron chi connectivity index (χ1n) is 5.13. The third kappa shape index (κ3) is 1.80. The molecule has 1 nitrogen and oxygen atoms in total.